The Labute approximate surface area is 460 Å². The third-order valence-corrected chi connectivity index (χ3v) is 17.1. The van der Waals surface area contributed by atoms with E-state index in [1.807, 2.05) is 0 Å². The summed E-state index contributed by atoms with van der Waals surface area (Å²) in [6.07, 6.45) is 0. The van der Waals surface area contributed by atoms with E-state index in [1.165, 1.54) is 100 Å². The molecular formula is C73H74BN3. The maximum Gasteiger partial charge on any atom is 0.252 e. The summed E-state index contributed by atoms with van der Waals surface area (Å²) < 4.78 is 0. The molecule has 384 valence electrons. The van der Waals surface area contributed by atoms with E-state index in [9.17, 15) is 0 Å². The molecule has 0 saturated heterocycles. The molecule has 1 aliphatic carbocycles. The van der Waals surface area contributed by atoms with Crippen LogP contribution in [0.25, 0.3) is 22.3 Å². The van der Waals surface area contributed by atoms with Crippen LogP contribution in [0.2, 0.25) is 0 Å². The van der Waals surface area contributed by atoms with Crippen molar-refractivity contribution in [2.45, 2.75) is 124 Å². The minimum absolute atomic E-state index is 0.00211. The first kappa shape index (κ1) is 50.3. The van der Waals surface area contributed by atoms with Gasteiger partial charge in [-0.15, -0.1) is 0 Å². The van der Waals surface area contributed by atoms with Crippen molar-refractivity contribution in [3.05, 3.63) is 228 Å². The number of hydrogen-bond acceptors (Lipinski definition) is 3. The number of benzene rings is 9. The first-order valence-corrected chi connectivity index (χ1v) is 28.0. The molecule has 2 heterocycles. The second-order valence-corrected chi connectivity index (χ2v) is 26.8. The maximum atomic E-state index is 2.62. The first-order valence-electron chi connectivity index (χ1n) is 28.0. The number of nitrogens with zero attached hydrogens (tertiary/aromatic N) is 3. The molecule has 77 heavy (non-hydrogen) atoms. The molecular weight excluding hydrogens is 930 g/mol. The largest absolute Gasteiger partial charge is 0.311 e. The van der Waals surface area contributed by atoms with Crippen LogP contribution in [0.4, 0.5) is 51.2 Å². The highest BCUT2D eigenvalue weighted by Gasteiger charge is 2.46. The molecule has 0 fully saturated rings. The molecule has 4 heteroatoms. The SMILES string of the molecule is CC(C)(C)c1ccc(N(c2ccc3c(c2)N(c2ccc(C(C)(C)C)cc2)c2cc(C(C)(C)C)cc4c2B3c2cc(C(C)(C)C)ccc2N4c2ccc3c(c2)C(C)(C)c2ccccc2-3)c2ccccc2-c2ccccc2)cc1. The van der Waals surface area contributed by atoms with Crippen molar-refractivity contribution >= 4 is 74.3 Å². The highest BCUT2D eigenvalue weighted by atomic mass is 15.2. The molecule has 0 saturated carbocycles. The van der Waals surface area contributed by atoms with Gasteiger partial charge in [-0.05, 0) is 161 Å². The normalized spacial score (nSPS) is 14.4. The summed E-state index contributed by atoms with van der Waals surface area (Å²) in [6.45, 7) is 32.7. The van der Waals surface area contributed by atoms with Crippen molar-refractivity contribution in [3.8, 4) is 22.3 Å². The Balaban J connectivity index is 1.16. The van der Waals surface area contributed by atoms with Gasteiger partial charge in [0.2, 0.25) is 0 Å². The van der Waals surface area contributed by atoms with Crippen molar-refractivity contribution < 1.29 is 0 Å². The zero-order chi connectivity index (χ0) is 54.1. The van der Waals surface area contributed by atoms with Gasteiger partial charge in [0.25, 0.3) is 6.71 Å². The van der Waals surface area contributed by atoms with Crippen LogP contribution in [0, 0.1) is 0 Å². The van der Waals surface area contributed by atoms with Crippen molar-refractivity contribution in [2.75, 3.05) is 14.7 Å². The lowest BCUT2D eigenvalue weighted by atomic mass is 9.33. The highest BCUT2D eigenvalue weighted by molar-refractivity contribution is 7.00. The monoisotopic (exact) mass is 1000 g/mol. The topological polar surface area (TPSA) is 9.72 Å². The predicted molar refractivity (Wildman–Crippen MR) is 333 cm³/mol. The van der Waals surface area contributed by atoms with E-state index < -0.39 is 0 Å². The summed E-state index contributed by atoms with van der Waals surface area (Å²) in [6, 6.07) is 74.6. The van der Waals surface area contributed by atoms with Gasteiger partial charge < -0.3 is 14.7 Å². The van der Waals surface area contributed by atoms with Gasteiger partial charge in [-0.3, -0.25) is 0 Å². The van der Waals surface area contributed by atoms with Crippen LogP contribution in [-0.2, 0) is 27.1 Å². The summed E-state index contributed by atoms with van der Waals surface area (Å²) in [5.41, 5.74) is 27.2. The lowest BCUT2D eigenvalue weighted by molar-refractivity contribution is 0.590. The third-order valence-electron chi connectivity index (χ3n) is 17.1. The van der Waals surface area contributed by atoms with Crippen LogP contribution in [0.15, 0.2) is 194 Å². The Bertz CT molecular complexity index is 3760. The minimum atomic E-state index is -0.161. The number of fused-ring (bicyclic) bond motifs is 7. The van der Waals surface area contributed by atoms with Crippen LogP contribution in [0.1, 0.15) is 130 Å². The van der Waals surface area contributed by atoms with E-state index in [4.69, 9.17) is 0 Å². The second-order valence-electron chi connectivity index (χ2n) is 26.8. The number of anilines is 9. The summed E-state index contributed by atoms with van der Waals surface area (Å²) in [5, 5.41) is 0. The smallest absolute Gasteiger partial charge is 0.252 e. The Hall–Kier alpha value is -7.56. The van der Waals surface area contributed by atoms with Gasteiger partial charge in [0.05, 0.1) is 5.69 Å². The van der Waals surface area contributed by atoms with Crippen LogP contribution >= 0.6 is 0 Å². The molecule has 0 spiro atoms. The van der Waals surface area contributed by atoms with Gasteiger partial charge in [0.15, 0.2) is 0 Å². The first-order chi connectivity index (χ1) is 36.5. The Kier molecular flexibility index (Phi) is 11.6. The molecule has 3 nitrogen and oxygen atoms in total. The maximum absolute atomic E-state index is 2.62. The van der Waals surface area contributed by atoms with E-state index in [2.05, 4.69) is 306 Å². The van der Waals surface area contributed by atoms with E-state index in [-0.39, 0.29) is 33.8 Å². The van der Waals surface area contributed by atoms with Crippen LogP contribution < -0.4 is 31.1 Å². The van der Waals surface area contributed by atoms with Gasteiger partial charge in [-0.2, -0.15) is 0 Å². The summed E-state index contributed by atoms with van der Waals surface area (Å²) >= 11 is 0. The number of para-hydroxylation sites is 1. The molecule has 3 aliphatic rings. The van der Waals surface area contributed by atoms with Crippen molar-refractivity contribution in [3.63, 3.8) is 0 Å². The standard InChI is InChI=1S/C73H74BN3/c1-69(2,3)48-28-33-52(34-29-48)75(63-27-21-19-24-56(63)47-22-16-15-17-23-47)55-38-40-61-65(46-55)76(53-35-30-49(31-36-53)70(4,5)6)66-43-51(72(10,11)12)44-67-68(66)74(61)62-42-50(71(7,8)9)32-41-64(62)77(67)54-37-39-58-57-25-18-20-26-59(57)73(13,14)60(58)45-54/h15-46H,1-14H3. The van der Waals surface area contributed by atoms with E-state index in [0.717, 1.165) is 22.7 Å². The summed E-state index contributed by atoms with van der Waals surface area (Å²) in [7, 11) is 0. The van der Waals surface area contributed by atoms with Gasteiger partial charge >= 0.3 is 0 Å². The van der Waals surface area contributed by atoms with Crippen molar-refractivity contribution in [1.29, 1.82) is 0 Å². The van der Waals surface area contributed by atoms with E-state index in [1.54, 1.807) is 0 Å². The molecule has 9 aromatic carbocycles. The van der Waals surface area contributed by atoms with Crippen molar-refractivity contribution in [2.24, 2.45) is 0 Å². The molecule has 12 rings (SSSR count). The lowest BCUT2D eigenvalue weighted by Gasteiger charge is -2.46. The molecule has 0 aromatic heterocycles. The quantitative estimate of drug-likeness (QED) is 0.154. The lowest BCUT2D eigenvalue weighted by Crippen LogP contribution is -2.61. The second kappa shape index (κ2) is 17.7. The van der Waals surface area contributed by atoms with Crippen LogP contribution in [0.3, 0.4) is 0 Å². The molecule has 2 aliphatic heterocycles. The van der Waals surface area contributed by atoms with Crippen molar-refractivity contribution in [1.82, 2.24) is 0 Å². The fourth-order valence-electron chi connectivity index (χ4n) is 12.6. The fraction of sp³-hybridized carbons (Fsp3) is 0.260. The summed E-state index contributed by atoms with van der Waals surface area (Å²) in [5.74, 6) is 0. The molecule has 0 bridgehead atoms. The number of rotatable bonds is 6. The van der Waals surface area contributed by atoms with Gasteiger partial charge in [0, 0.05) is 56.5 Å². The van der Waals surface area contributed by atoms with E-state index in [0.29, 0.717) is 0 Å². The van der Waals surface area contributed by atoms with Crippen LogP contribution in [-0.4, -0.2) is 6.71 Å². The molecule has 0 N–H and O–H groups in total. The molecule has 0 unspecified atom stereocenters. The molecule has 0 atom stereocenters. The minimum Gasteiger partial charge on any atom is -0.311 e. The average molecular weight is 1000 g/mol. The fourth-order valence-corrected chi connectivity index (χ4v) is 12.6. The number of hydrogen-bond donors (Lipinski definition) is 0. The van der Waals surface area contributed by atoms with Gasteiger partial charge in [-0.1, -0.05) is 218 Å². The average Bonchev–Trinajstić information content (AvgIpc) is 3.71. The molecule has 0 amide bonds. The highest BCUT2D eigenvalue weighted by Crippen LogP contribution is 2.53. The third kappa shape index (κ3) is 8.42. The summed E-state index contributed by atoms with van der Waals surface area (Å²) in [4.78, 5) is 7.72. The van der Waals surface area contributed by atoms with E-state index >= 15 is 0 Å². The Morgan fingerprint density at radius 3 is 1.52 bits per heavy atom. The molecule has 0 radical (unpaired) electrons. The predicted octanol–water partition coefficient (Wildman–Crippen LogP) is 18.4. The Morgan fingerprint density at radius 1 is 0.364 bits per heavy atom. The zero-order valence-electron chi connectivity index (χ0n) is 47.9. The zero-order valence-corrected chi connectivity index (χ0v) is 47.9. The van der Waals surface area contributed by atoms with Gasteiger partial charge in [-0.25, -0.2) is 0 Å². The van der Waals surface area contributed by atoms with Gasteiger partial charge in [0.1, 0.15) is 0 Å². The van der Waals surface area contributed by atoms with Crippen LogP contribution in [0.5, 0.6) is 0 Å². The Morgan fingerprint density at radius 2 is 0.883 bits per heavy atom. The molecule has 9 aromatic rings.